The maximum atomic E-state index is 13.1. The Kier molecular flexibility index (Phi) is 7.87. The highest BCUT2D eigenvalue weighted by atomic mass is 32.3. The van der Waals surface area contributed by atoms with Crippen LogP contribution in [0.4, 0.5) is 13.2 Å². The minimum Gasteiger partial charge on any atom is -0.348 e. The first-order valence-corrected chi connectivity index (χ1v) is 12.8. The molecule has 0 heterocycles. The second-order valence-corrected chi connectivity index (χ2v) is 10.1. The quantitative estimate of drug-likeness (QED) is 0.235. The zero-order valence-corrected chi connectivity index (χ0v) is 20.4. The van der Waals surface area contributed by atoms with Crippen molar-refractivity contribution in [2.45, 2.75) is 24.2 Å². The topological polar surface area (TPSA) is 78.4 Å². The molecule has 190 valence electrons. The molecule has 4 aromatic rings. The molecular weight excluding hydrogens is 501 g/mol. The molecule has 1 atom stereocenters. The number of nitrogens with one attached hydrogen (secondary N) is 2. The van der Waals surface area contributed by atoms with Crippen molar-refractivity contribution < 1.29 is 26.7 Å². The summed E-state index contributed by atoms with van der Waals surface area (Å²) in [5, 5.41) is 2.91. The molecule has 0 bridgehead atoms. The molecule has 0 spiro atoms. The number of alkyl halides is 3. The van der Waals surface area contributed by atoms with E-state index in [1.54, 1.807) is 48.5 Å². The number of hydrogen-bond donors (Lipinski definition) is 3. The smallest absolute Gasteiger partial charge is 0.348 e. The average Bonchev–Trinajstić information content (AvgIpc) is 2.91. The van der Waals surface area contributed by atoms with Crippen LogP contribution in [0.2, 0.25) is 0 Å². The lowest BCUT2D eigenvalue weighted by molar-refractivity contribution is -0.137. The Balaban J connectivity index is 1.56. The monoisotopic (exact) mass is 525 g/mol. The highest BCUT2D eigenvalue weighted by Crippen LogP contribution is 2.32. The summed E-state index contributed by atoms with van der Waals surface area (Å²) in [5.41, 5.74) is 2.23. The molecule has 1 unspecified atom stereocenters. The SMILES string of the molecule is O=C(NCc1ccccc1)c1ccccc1-c1ccccc1CN[S+](=O)(O)c1cccc(C(F)(F)F)c1. The first-order chi connectivity index (χ1) is 17.6. The Labute approximate surface area is 213 Å². The molecule has 0 radical (unpaired) electrons. The van der Waals surface area contributed by atoms with Gasteiger partial charge in [0.15, 0.2) is 0 Å². The van der Waals surface area contributed by atoms with Crippen molar-refractivity contribution >= 4 is 16.3 Å². The van der Waals surface area contributed by atoms with Crippen LogP contribution in [0, 0.1) is 0 Å². The second kappa shape index (κ2) is 11.1. The third-order valence-electron chi connectivity index (χ3n) is 5.71. The van der Waals surface area contributed by atoms with E-state index in [1.165, 1.54) is 6.07 Å². The molecule has 0 fully saturated rings. The van der Waals surface area contributed by atoms with Gasteiger partial charge in [0.1, 0.15) is 0 Å². The number of rotatable bonds is 8. The fourth-order valence-corrected chi connectivity index (χ4v) is 4.90. The van der Waals surface area contributed by atoms with Gasteiger partial charge in [-0.2, -0.15) is 17.7 Å². The van der Waals surface area contributed by atoms with E-state index in [0.29, 0.717) is 34.9 Å². The predicted octanol–water partition coefficient (Wildman–Crippen LogP) is 6.34. The summed E-state index contributed by atoms with van der Waals surface area (Å²) in [6.45, 7) is 0.225. The highest BCUT2D eigenvalue weighted by molar-refractivity contribution is 7.95. The fraction of sp³-hybridized carbons (Fsp3) is 0.107. The summed E-state index contributed by atoms with van der Waals surface area (Å²) in [5.74, 6) is -0.280. The van der Waals surface area contributed by atoms with Gasteiger partial charge in [0.05, 0.1) is 12.1 Å². The van der Waals surface area contributed by atoms with E-state index < -0.39 is 22.1 Å². The lowest BCUT2D eigenvalue weighted by Gasteiger charge is -2.15. The van der Waals surface area contributed by atoms with Crippen LogP contribution in [0.5, 0.6) is 0 Å². The predicted molar refractivity (Wildman–Crippen MR) is 137 cm³/mol. The lowest BCUT2D eigenvalue weighted by Crippen LogP contribution is -2.30. The van der Waals surface area contributed by atoms with Crippen molar-refractivity contribution in [3.63, 3.8) is 0 Å². The minimum atomic E-state index is -4.64. The number of carbonyl (C=O) groups excluding carboxylic acids is 1. The van der Waals surface area contributed by atoms with E-state index >= 15 is 0 Å². The van der Waals surface area contributed by atoms with Gasteiger partial charge in [0.25, 0.3) is 5.91 Å². The molecule has 0 aliphatic carbocycles. The Hall–Kier alpha value is -3.79. The van der Waals surface area contributed by atoms with Crippen LogP contribution >= 0.6 is 0 Å². The van der Waals surface area contributed by atoms with Crippen molar-refractivity contribution in [3.05, 3.63) is 125 Å². The fourth-order valence-electron chi connectivity index (χ4n) is 3.83. The number of amides is 1. The van der Waals surface area contributed by atoms with Crippen LogP contribution in [-0.2, 0) is 33.9 Å². The van der Waals surface area contributed by atoms with Crippen LogP contribution in [0.15, 0.2) is 108 Å². The molecule has 0 aromatic heterocycles. The molecule has 0 aliphatic heterocycles. The number of benzene rings is 4. The van der Waals surface area contributed by atoms with Crippen molar-refractivity contribution in [1.82, 2.24) is 10.0 Å². The molecule has 1 amide bonds. The van der Waals surface area contributed by atoms with Gasteiger partial charge in [-0.3, -0.25) is 4.79 Å². The van der Waals surface area contributed by atoms with Gasteiger partial charge in [0.2, 0.25) is 4.90 Å². The van der Waals surface area contributed by atoms with E-state index in [0.717, 1.165) is 17.7 Å². The highest BCUT2D eigenvalue weighted by Gasteiger charge is 2.35. The van der Waals surface area contributed by atoms with Gasteiger partial charge in [-0.05, 0) is 44.7 Å². The first kappa shape index (κ1) is 26.3. The van der Waals surface area contributed by atoms with Gasteiger partial charge < -0.3 is 5.32 Å². The van der Waals surface area contributed by atoms with Crippen molar-refractivity contribution in [2.24, 2.45) is 0 Å². The van der Waals surface area contributed by atoms with Crippen molar-refractivity contribution in [3.8, 4) is 11.1 Å². The van der Waals surface area contributed by atoms with Gasteiger partial charge in [-0.15, -0.1) is 0 Å². The van der Waals surface area contributed by atoms with Gasteiger partial charge >= 0.3 is 16.6 Å². The second-order valence-electron chi connectivity index (χ2n) is 8.24. The average molecular weight is 526 g/mol. The molecule has 0 aliphatic rings. The zero-order valence-electron chi connectivity index (χ0n) is 19.5. The largest absolute Gasteiger partial charge is 0.416 e. The molecule has 9 heteroatoms. The van der Waals surface area contributed by atoms with E-state index in [4.69, 9.17) is 0 Å². The van der Waals surface area contributed by atoms with Crippen LogP contribution in [0.3, 0.4) is 0 Å². The molecule has 0 saturated carbocycles. The molecule has 0 saturated heterocycles. The van der Waals surface area contributed by atoms with Crippen molar-refractivity contribution in [2.75, 3.05) is 0 Å². The van der Waals surface area contributed by atoms with E-state index in [2.05, 4.69) is 10.0 Å². The first-order valence-electron chi connectivity index (χ1n) is 11.3. The summed E-state index contributed by atoms with van der Waals surface area (Å²) in [6, 6.07) is 27.3. The molecule has 5 nitrogen and oxygen atoms in total. The van der Waals surface area contributed by atoms with Gasteiger partial charge in [-0.25, -0.2) is 0 Å². The van der Waals surface area contributed by atoms with Crippen LogP contribution in [0.1, 0.15) is 27.0 Å². The molecular formula is C28H24F3N2O3S+. The normalized spacial score (nSPS) is 13.1. The Morgan fingerprint density at radius 1 is 0.784 bits per heavy atom. The molecule has 3 N–H and O–H groups in total. The van der Waals surface area contributed by atoms with Crippen molar-refractivity contribution in [1.29, 1.82) is 0 Å². The summed E-state index contributed by atoms with van der Waals surface area (Å²) in [4.78, 5) is 12.7. The number of hydrogen-bond acceptors (Lipinski definition) is 2. The third kappa shape index (κ3) is 6.51. The van der Waals surface area contributed by atoms with E-state index in [-0.39, 0.29) is 17.3 Å². The third-order valence-corrected chi connectivity index (χ3v) is 7.14. The molecule has 4 rings (SSSR count). The number of carbonyl (C=O) groups is 1. The molecule has 37 heavy (non-hydrogen) atoms. The lowest BCUT2D eigenvalue weighted by atomic mass is 9.95. The summed E-state index contributed by atoms with van der Waals surface area (Å²) >= 11 is 0. The Morgan fingerprint density at radius 2 is 1.43 bits per heavy atom. The minimum absolute atomic E-state index is 0.123. The van der Waals surface area contributed by atoms with Crippen LogP contribution in [0.25, 0.3) is 11.1 Å². The maximum Gasteiger partial charge on any atom is 0.416 e. The van der Waals surface area contributed by atoms with E-state index in [1.807, 2.05) is 30.3 Å². The van der Waals surface area contributed by atoms with Gasteiger partial charge in [0, 0.05) is 18.2 Å². The maximum absolute atomic E-state index is 13.1. The zero-order chi connectivity index (χ0) is 26.5. The Bertz CT molecular complexity index is 1440. The summed E-state index contributed by atoms with van der Waals surface area (Å²) in [7, 11) is -3.99. The number of halogens is 3. The summed E-state index contributed by atoms with van der Waals surface area (Å²) < 4.78 is 65.1. The van der Waals surface area contributed by atoms with E-state index in [9.17, 15) is 26.7 Å². The van der Waals surface area contributed by atoms with Crippen LogP contribution in [-0.4, -0.2) is 10.5 Å². The molecule has 4 aromatic carbocycles. The Morgan fingerprint density at radius 3 is 2.16 bits per heavy atom. The standard InChI is InChI=1S/C28H23F3N2O3S/c29-28(30,31)22-12-8-13-23(17-22)37(35,36)33-19-21-11-4-5-14-24(21)25-15-6-7-16-26(25)27(34)32-18-20-9-2-1-3-10-20/h1-17H,18-19H2,(H2-,32,33,34,35,36)/p+1. The van der Waals surface area contributed by atoms with Crippen LogP contribution < -0.4 is 10.0 Å². The summed E-state index contributed by atoms with van der Waals surface area (Å²) in [6.07, 6.45) is -4.64. The van der Waals surface area contributed by atoms with Gasteiger partial charge in [-0.1, -0.05) is 83.6 Å².